The van der Waals surface area contributed by atoms with E-state index in [0.717, 1.165) is 29.3 Å². The Hall–Kier alpha value is -1.16. The zero-order valence-electron chi connectivity index (χ0n) is 12.0. The van der Waals surface area contributed by atoms with Crippen LogP contribution in [-0.2, 0) is 6.54 Å². The number of hydrogen-bond acceptors (Lipinski definition) is 3. The molecule has 2 rings (SSSR count). The molecule has 0 fully saturated rings. The maximum atomic E-state index is 10.3. The second kappa shape index (κ2) is 6.53. The van der Waals surface area contributed by atoms with E-state index < -0.39 is 5.60 Å². The van der Waals surface area contributed by atoms with Gasteiger partial charge in [0.15, 0.2) is 0 Å². The third-order valence-corrected chi connectivity index (χ3v) is 4.05. The van der Waals surface area contributed by atoms with E-state index in [0.29, 0.717) is 18.1 Å². The Balaban J connectivity index is 2.14. The summed E-state index contributed by atoms with van der Waals surface area (Å²) in [5, 5.41) is 15.3. The van der Waals surface area contributed by atoms with Crippen LogP contribution in [0.15, 0.2) is 30.5 Å². The van der Waals surface area contributed by atoms with Gasteiger partial charge in [0, 0.05) is 29.7 Å². The minimum atomic E-state index is -0.637. The van der Waals surface area contributed by atoms with Gasteiger partial charge in [-0.15, -0.1) is 0 Å². The van der Waals surface area contributed by atoms with Gasteiger partial charge < -0.3 is 10.4 Å². The molecular weight excluding hydrogens is 272 g/mol. The number of nitrogens with one attached hydrogen (secondary N) is 1. The fraction of sp³-hybridized carbons (Fsp3) is 0.438. The first-order valence-electron chi connectivity index (χ1n) is 7.04. The molecule has 108 valence electrons. The maximum Gasteiger partial charge on any atom is 0.0766 e. The quantitative estimate of drug-likeness (QED) is 0.856. The van der Waals surface area contributed by atoms with Crippen LogP contribution in [0.5, 0.6) is 0 Å². The highest BCUT2D eigenvalue weighted by Crippen LogP contribution is 2.22. The van der Waals surface area contributed by atoms with E-state index in [-0.39, 0.29) is 0 Å². The fourth-order valence-electron chi connectivity index (χ4n) is 2.29. The molecule has 0 unspecified atom stereocenters. The van der Waals surface area contributed by atoms with Crippen LogP contribution < -0.4 is 5.32 Å². The van der Waals surface area contributed by atoms with E-state index in [1.54, 1.807) is 6.20 Å². The lowest BCUT2D eigenvalue weighted by atomic mass is 9.97. The van der Waals surface area contributed by atoms with Crippen molar-refractivity contribution >= 4 is 22.5 Å². The number of fused-ring (bicyclic) bond motifs is 1. The van der Waals surface area contributed by atoms with E-state index in [1.165, 1.54) is 0 Å². The van der Waals surface area contributed by atoms with Gasteiger partial charge in [-0.2, -0.15) is 0 Å². The molecule has 0 radical (unpaired) electrons. The summed E-state index contributed by atoms with van der Waals surface area (Å²) in [5.41, 5.74) is 1.38. The zero-order chi connectivity index (χ0) is 14.6. The van der Waals surface area contributed by atoms with Crippen molar-refractivity contribution in [2.24, 2.45) is 0 Å². The number of aliphatic hydroxyl groups is 1. The minimum absolute atomic E-state index is 0.570. The van der Waals surface area contributed by atoms with Gasteiger partial charge in [-0.05, 0) is 36.6 Å². The van der Waals surface area contributed by atoms with Crippen molar-refractivity contribution in [1.29, 1.82) is 0 Å². The van der Waals surface area contributed by atoms with Crippen molar-refractivity contribution in [3.63, 3.8) is 0 Å². The van der Waals surface area contributed by atoms with Gasteiger partial charge in [-0.25, -0.2) is 0 Å². The molecule has 0 aliphatic carbocycles. The SMILES string of the molecule is CCC(O)(CC)CNCc1cc(Cl)cc2cccnc12. The van der Waals surface area contributed by atoms with Crippen molar-refractivity contribution in [2.75, 3.05) is 6.54 Å². The first kappa shape index (κ1) is 15.2. The van der Waals surface area contributed by atoms with Crippen LogP contribution in [-0.4, -0.2) is 22.2 Å². The fourth-order valence-corrected chi connectivity index (χ4v) is 2.54. The molecule has 4 heteroatoms. The van der Waals surface area contributed by atoms with Crippen molar-refractivity contribution in [1.82, 2.24) is 10.3 Å². The van der Waals surface area contributed by atoms with Gasteiger partial charge in [-0.1, -0.05) is 31.5 Å². The number of pyridine rings is 1. The van der Waals surface area contributed by atoms with Gasteiger partial charge in [0.25, 0.3) is 0 Å². The van der Waals surface area contributed by atoms with Gasteiger partial charge in [0.2, 0.25) is 0 Å². The molecule has 1 aromatic carbocycles. The predicted octanol–water partition coefficient (Wildman–Crippen LogP) is 3.53. The normalized spacial score (nSPS) is 12.0. The van der Waals surface area contributed by atoms with Crippen LogP contribution in [0.4, 0.5) is 0 Å². The van der Waals surface area contributed by atoms with Crippen LogP contribution >= 0.6 is 11.6 Å². The predicted molar refractivity (Wildman–Crippen MR) is 84.0 cm³/mol. The summed E-state index contributed by atoms with van der Waals surface area (Å²) in [7, 11) is 0. The standard InChI is InChI=1S/C16H21ClN2O/c1-3-16(20,4-2)11-18-10-13-9-14(17)8-12-6-5-7-19-15(12)13/h5-9,18,20H,3-4,10-11H2,1-2H3. The second-order valence-electron chi connectivity index (χ2n) is 5.18. The molecule has 0 amide bonds. The number of halogens is 1. The lowest BCUT2D eigenvalue weighted by Crippen LogP contribution is -2.39. The second-order valence-corrected chi connectivity index (χ2v) is 5.61. The van der Waals surface area contributed by atoms with Crippen LogP contribution in [0.3, 0.4) is 0 Å². The number of benzene rings is 1. The molecule has 0 aliphatic heterocycles. The Morgan fingerprint density at radius 2 is 2.05 bits per heavy atom. The lowest BCUT2D eigenvalue weighted by Gasteiger charge is -2.25. The highest BCUT2D eigenvalue weighted by atomic mass is 35.5. The topological polar surface area (TPSA) is 45.1 Å². The summed E-state index contributed by atoms with van der Waals surface area (Å²) >= 11 is 6.14. The molecule has 2 aromatic rings. The summed E-state index contributed by atoms with van der Waals surface area (Å²) in [6.07, 6.45) is 3.27. The maximum absolute atomic E-state index is 10.3. The average Bonchev–Trinajstić information content (AvgIpc) is 2.46. The Bertz CT molecular complexity index is 582. The lowest BCUT2D eigenvalue weighted by molar-refractivity contribution is 0.0323. The molecule has 1 aromatic heterocycles. The number of rotatable bonds is 6. The summed E-state index contributed by atoms with van der Waals surface area (Å²) in [6.45, 7) is 5.22. The smallest absolute Gasteiger partial charge is 0.0766 e. The van der Waals surface area contributed by atoms with Gasteiger partial charge in [-0.3, -0.25) is 4.98 Å². The monoisotopic (exact) mass is 292 g/mol. The third kappa shape index (κ3) is 3.48. The average molecular weight is 293 g/mol. The number of nitrogens with zero attached hydrogens (tertiary/aromatic N) is 1. The number of hydrogen-bond donors (Lipinski definition) is 2. The molecule has 2 N–H and O–H groups in total. The molecule has 3 nitrogen and oxygen atoms in total. The molecule has 0 bridgehead atoms. The molecule has 0 spiro atoms. The van der Waals surface area contributed by atoms with E-state index >= 15 is 0 Å². The molecule has 0 saturated carbocycles. The van der Waals surface area contributed by atoms with E-state index in [2.05, 4.69) is 10.3 Å². The number of aromatic nitrogens is 1. The van der Waals surface area contributed by atoms with Gasteiger partial charge in [0.05, 0.1) is 11.1 Å². The van der Waals surface area contributed by atoms with Crippen LogP contribution in [0.25, 0.3) is 10.9 Å². The van der Waals surface area contributed by atoms with E-state index in [4.69, 9.17) is 11.6 Å². The van der Waals surface area contributed by atoms with Crippen molar-refractivity contribution < 1.29 is 5.11 Å². The van der Waals surface area contributed by atoms with Gasteiger partial charge >= 0.3 is 0 Å². The van der Waals surface area contributed by atoms with Crippen molar-refractivity contribution in [3.8, 4) is 0 Å². The minimum Gasteiger partial charge on any atom is -0.389 e. The highest BCUT2D eigenvalue weighted by molar-refractivity contribution is 6.31. The largest absolute Gasteiger partial charge is 0.389 e. The summed E-state index contributed by atoms with van der Waals surface area (Å²) in [4.78, 5) is 4.42. The van der Waals surface area contributed by atoms with E-state index in [1.807, 2.05) is 38.1 Å². The first-order chi connectivity index (χ1) is 9.58. The molecule has 0 atom stereocenters. The molecular formula is C16H21ClN2O. The summed E-state index contributed by atoms with van der Waals surface area (Å²) < 4.78 is 0. The van der Waals surface area contributed by atoms with Gasteiger partial charge in [0.1, 0.15) is 0 Å². The highest BCUT2D eigenvalue weighted by Gasteiger charge is 2.21. The molecule has 0 saturated heterocycles. The summed E-state index contributed by atoms with van der Waals surface area (Å²) in [5.74, 6) is 0. The van der Waals surface area contributed by atoms with Crippen molar-refractivity contribution in [3.05, 3.63) is 41.0 Å². The van der Waals surface area contributed by atoms with Crippen molar-refractivity contribution in [2.45, 2.75) is 38.8 Å². The zero-order valence-corrected chi connectivity index (χ0v) is 12.7. The van der Waals surface area contributed by atoms with Crippen LogP contribution in [0.1, 0.15) is 32.3 Å². The van der Waals surface area contributed by atoms with Crippen LogP contribution in [0.2, 0.25) is 5.02 Å². The Kier molecular flexibility index (Phi) is 4.97. The van der Waals surface area contributed by atoms with E-state index in [9.17, 15) is 5.11 Å². The van der Waals surface area contributed by atoms with Crippen LogP contribution in [0, 0.1) is 0 Å². The Morgan fingerprint density at radius 3 is 2.75 bits per heavy atom. The first-order valence-corrected chi connectivity index (χ1v) is 7.42. The Morgan fingerprint density at radius 1 is 1.30 bits per heavy atom. The molecule has 0 aliphatic rings. The molecule has 1 heterocycles. The third-order valence-electron chi connectivity index (χ3n) is 3.83. The summed E-state index contributed by atoms with van der Waals surface area (Å²) in [6, 6.07) is 7.76. The Labute approximate surface area is 125 Å². The molecule has 20 heavy (non-hydrogen) atoms.